The fourth-order valence-electron chi connectivity index (χ4n) is 2.94. The molecule has 1 saturated heterocycles. The maximum atomic E-state index is 12.2. The predicted octanol–water partition coefficient (Wildman–Crippen LogP) is 0.933. The molecule has 1 aromatic rings. The van der Waals surface area contributed by atoms with Gasteiger partial charge in [0.2, 0.25) is 5.91 Å². The van der Waals surface area contributed by atoms with Crippen molar-refractivity contribution in [1.29, 1.82) is 0 Å². The van der Waals surface area contributed by atoms with Crippen molar-refractivity contribution in [3.05, 3.63) is 18.5 Å². The SMILES string of the molecule is CC(N)CCC(=O)N(C)C1CCN(CCn2cccn2)CC1. The van der Waals surface area contributed by atoms with E-state index in [0.717, 1.165) is 45.4 Å². The summed E-state index contributed by atoms with van der Waals surface area (Å²) in [5, 5.41) is 4.23. The number of carbonyl (C=O) groups excluding carboxylic acids is 1. The van der Waals surface area contributed by atoms with Crippen LogP contribution < -0.4 is 5.73 Å². The molecule has 0 radical (unpaired) electrons. The van der Waals surface area contributed by atoms with Gasteiger partial charge in [0, 0.05) is 57.6 Å². The maximum absolute atomic E-state index is 12.2. The summed E-state index contributed by atoms with van der Waals surface area (Å²) in [5.74, 6) is 0.229. The van der Waals surface area contributed by atoms with Crippen molar-refractivity contribution in [2.45, 2.75) is 51.2 Å². The molecular weight excluding hydrogens is 278 g/mol. The number of likely N-dealkylation sites (tertiary alicyclic amines) is 1. The van der Waals surface area contributed by atoms with Crippen molar-refractivity contribution in [2.75, 3.05) is 26.7 Å². The van der Waals surface area contributed by atoms with E-state index in [2.05, 4.69) is 10.00 Å². The Hall–Kier alpha value is -1.40. The topological polar surface area (TPSA) is 67.4 Å². The summed E-state index contributed by atoms with van der Waals surface area (Å²) >= 11 is 0. The van der Waals surface area contributed by atoms with E-state index < -0.39 is 0 Å². The lowest BCUT2D eigenvalue weighted by Crippen LogP contribution is -2.46. The third-order valence-corrected chi connectivity index (χ3v) is 4.52. The van der Waals surface area contributed by atoms with E-state index in [1.807, 2.05) is 42.0 Å². The average molecular weight is 307 g/mol. The molecule has 6 nitrogen and oxygen atoms in total. The molecule has 1 fully saturated rings. The molecule has 1 unspecified atom stereocenters. The largest absolute Gasteiger partial charge is 0.343 e. The molecule has 22 heavy (non-hydrogen) atoms. The van der Waals surface area contributed by atoms with Crippen molar-refractivity contribution in [3.63, 3.8) is 0 Å². The van der Waals surface area contributed by atoms with Crippen LogP contribution in [0.25, 0.3) is 0 Å². The normalized spacial score (nSPS) is 18.3. The van der Waals surface area contributed by atoms with E-state index in [9.17, 15) is 4.79 Å². The monoisotopic (exact) mass is 307 g/mol. The van der Waals surface area contributed by atoms with Gasteiger partial charge in [-0.1, -0.05) is 0 Å². The van der Waals surface area contributed by atoms with E-state index >= 15 is 0 Å². The summed E-state index contributed by atoms with van der Waals surface area (Å²) in [4.78, 5) is 16.5. The molecule has 1 aliphatic heterocycles. The molecule has 2 rings (SSSR count). The number of rotatable bonds is 7. The number of amides is 1. The van der Waals surface area contributed by atoms with Crippen molar-refractivity contribution in [1.82, 2.24) is 19.6 Å². The highest BCUT2D eigenvalue weighted by Gasteiger charge is 2.25. The van der Waals surface area contributed by atoms with Gasteiger partial charge in [-0.25, -0.2) is 0 Å². The van der Waals surface area contributed by atoms with Crippen molar-refractivity contribution >= 4 is 5.91 Å². The minimum absolute atomic E-state index is 0.0986. The minimum Gasteiger partial charge on any atom is -0.343 e. The Morgan fingerprint density at radius 3 is 2.73 bits per heavy atom. The molecule has 0 spiro atoms. The second-order valence-electron chi connectivity index (χ2n) is 6.36. The zero-order chi connectivity index (χ0) is 15.9. The predicted molar refractivity (Wildman–Crippen MR) is 87.3 cm³/mol. The highest BCUT2D eigenvalue weighted by atomic mass is 16.2. The van der Waals surface area contributed by atoms with E-state index in [1.165, 1.54) is 0 Å². The number of carbonyl (C=O) groups is 1. The van der Waals surface area contributed by atoms with Gasteiger partial charge in [0.15, 0.2) is 0 Å². The van der Waals surface area contributed by atoms with Gasteiger partial charge in [-0.05, 0) is 32.3 Å². The van der Waals surface area contributed by atoms with Crippen molar-refractivity contribution < 1.29 is 4.79 Å². The lowest BCUT2D eigenvalue weighted by Gasteiger charge is -2.36. The van der Waals surface area contributed by atoms with E-state index in [0.29, 0.717) is 12.5 Å². The number of nitrogens with zero attached hydrogens (tertiary/aromatic N) is 4. The molecule has 1 amide bonds. The fourth-order valence-corrected chi connectivity index (χ4v) is 2.94. The third kappa shape index (κ3) is 5.10. The van der Waals surface area contributed by atoms with E-state index in [4.69, 9.17) is 5.73 Å². The molecule has 1 aliphatic rings. The zero-order valence-corrected chi connectivity index (χ0v) is 13.8. The van der Waals surface area contributed by atoms with Crippen LogP contribution in [0.3, 0.4) is 0 Å². The maximum Gasteiger partial charge on any atom is 0.222 e. The lowest BCUT2D eigenvalue weighted by molar-refractivity contribution is -0.133. The molecule has 2 heterocycles. The van der Waals surface area contributed by atoms with Crippen LogP contribution in [0.4, 0.5) is 0 Å². The molecule has 1 atom stereocenters. The van der Waals surface area contributed by atoms with Gasteiger partial charge in [0.05, 0.1) is 6.54 Å². The summed E-state index contributed by atoms with van der Waals surface area (Å²) in [6, 6.07) is 2.43. The van der Waals surface area contributed by atoms with Crippen LogP contribution in [0, 0.1) is 0 Å². The molecule has 6 heteroatoms. The first kappa shape index (κ1) is 17.0. The van der Waals surface area contributed by atoms with Gasteiger partial charge in [-0.15, -0.1) is 0 Å². The number of hydrogen-bond acceptors (Lipinski definition) is 4. The number of aromatic nitrogens is 2. The fraction of sp³-hybridized carbons (Fsp3) is 0.750. The first-order chi connectivity index (χ1) is 10.6. The molecule has 0 saturated carbocycles. The van der Waals surface area contributed by atoms with Crippen molar-refractivity contribution in [2.24, 2.45) is 5.73 Å². The summed E-state index contributed by atoms with van der Waals surface area (Å²) in [5.41, 5.74) is 5.73. The standard InChI is InChI=1S/C16H29N5O/c1-14(17)4-5-16(22)19(2)15-6-10-20(11-7-15)12-13-21-9-3-8-18-21/h3,8-9,14-15H,4-7,10-13,17H2,1-2H3. The number of nitrogens with two attached hydrogens (primary N) is 1. The highest BCUT2D eigenvalue weighted by molar-refractivity contribution is 5.76. The van der Waals surface area contributed by atoms with E-state index in [-0.39, 0.29) is 11.9 Å². The average Bonchev–Trinajstić information content (AvgIpc) is 3.03. The Bertz CT molecular complexity index is 437. The number of piperidine rings is 1. The second kappa shape index (κ2) is 8.29. The van der Waals surface area contributed by atoms with Crippen LogP contribution in [0.1, 0.15) is 32.6 Å². The van der Waals surface area contributed by atoms with Crippen LogP contribution in [0.15, 0.2) is 18.5 Å². The van der Waals surface area contributed by atoms with Gasteiger partial charge in [-0.2, -0.15) is 5.10 Å². The van der Waals surface area contributed by atoms with Crippen LogP contribution in [0.5, 0.6) is 0 Å². The molecular formula is C16H29N5O. The van der Waals surface area contributed by atoms with Gasteiger partial charge >= 0.3 is 0 Å². The van der Waals surface area contributed by atoms with Gasteiger partial charge < -0.3 is 15.5 Å². The Balaban J connectivity index is 1.68. The first-order valence-electron chi connectivity index (χ1n) is 8.27. The molecule has 0 aliphatic carbocycles. The van der Waals surface area contributed by atoms with Crippen LogP contribution in [-0.4, -0.2) is 64.3 Å². The van der Waals surface area contributed by atoms with Gasteiger partial charge in [-0.3, -0.25) is 9.48 Å². The first-order valence-corrected chi connectivity index (χ1v) is 8.27. The quantitative estimate of drug-likeness (QED) is 0.814. The van der Waals surface area contributed by atoms with Crippen molar-refractivity contribution in [3.8, 4) is 0 Å². The minimum atomic E-state index is 0.0986. The third-order valence-electron chi connectivity index (χ3n) is 4.52. The summed E-state index contributed by atoms with van der Waals surface area (Å²) in [6.45, 7) is 6.01. The molecule has 0 bridgehead atoms. The summed E-state index contributed by atoms with van der Waals surface area (Å²) in [6.07, 6.45) is 7.26. The zero-order valence-electron chi connectivity index (χ0n) is 13.8. The van der Waals surface area contributed by atoms with Crippen LogP contribution in [-0.2, 0) is 11.3 Å². The van der Waals surface area contributed by atoms with E-state index in [1.54, 1.807) is 0 Å². The van der Waals surface area contributed by atoms with Gasteiger partial charge in [0.1, 0.15) is 0 Å². The smallest absolute Gasteiger partial charge is 0.222 e. The lowest BCUT2D eigenvalue weighted by atomic mass is 10.0. The van der Waals surface area contributed by atoms with Crippen LogP contribution >= 0.6 is 0 Å². The van der Waals surface area contributed by atoms with Crippen LogP contribution in [0.2, 0.25) is 0 Å². The molecule has 1 aromatic heterocycles. The number of hydrogen-bond donors (Lipinski definition) is 1. The Kier molecular flexibility index (Phi) is 6.39. The molecule has 2 N–H and O–H groups in total. The molecule has 124 valence electrons. The Morgan fingerprint density at radius 1 is 1.41 bits per heavy atom. The molecule has 0 aromatic carbocycles. The van der Waals surface area contributed by atoms with Gasteiger partial charge in [0.25, 0.3) is 0 Å². The highest BCUT2D eigenvalue weighted by Crippen LogP contribution is 2.16. The summed E-state index contributed by atoms with van der Waals surface area (Å²) in [7, 11) is 1.94. The summed E-state index contributed by atoms with van der Waals surface area (Å²) < 4.78 is 1.97. The Morgan fingerprint density at radius 2 is 2.14 bits per heavy atom. The Labute approximate surface area is 133 Å². The second-order valence-corrected chi connectivity index (χ2v) is 6.36.